The lowest BCUT2D eigenvalue weighted by Gasteiger charge is -2.20. The Kier molecular flexibility index (Phi) is 6.10. The molecule has 28 heavy (non-hydrogen) atoms. The van der Waals surface area contributed by atoms with E-state index in [2.05, 4.69) is 44.9 Å². The van der Waals surface area contributed by atoms with Gasteiger partial charge < -0.3 is 24.7 Å². The smallest absolute Gasteiger partial charge is 0.328 e. The average Bonchev–Trinajstić information content (AvgIpc) is 3.24. The highest BCUT2D eigenvalue weighted by molar-refractivity contribution is 5.89. The van der Waals surface area contributed by atoms with Crippen molar-refractivity contribution in [1.82, 2.24) is 19.4 Å². The molecule has 0 aromatic carbocycles. The van der Waals surface area contributed by atoms with E-state index in [-0.39, 0.29) is 0 Å². The number of piperidine rings is 1. The molecule has 148 valence electrons. The third-order valence-corrected chi connectivity index (χ3v) is 4.93. The molecular formula is C20H24N4O4. The number of hydrogen-bond acceptors (Lipinski definition) is 4. The summed E-state index contributed by atoms with van der Waals surface area (Å²) >= 11 is 0. The van der Waals surface area contributed by atoms with Crippen LogP contribution in [0, 0.1) is 0 Å². The van der Waals surface area contributed by atoms with Crippen LogP contribution in [0.15, 0.2) is 42.4 Å². The predicted octanol–water partition coefficient (Wildman–Crippen LogP) is 1.67. The lowest BCUT2D eigenvalue weighted by molar-refractivity contribution is -0.134. The van der Waals surface area contributed by atoms with Crippen LogP contribution in [-0.4, -0.2) is 49.4 Å². The van der Waals surface area contributed by atoms with E-state index in [0.717, 1.165) is 44.7 Å². The van der Waals surface area contributed by atoms with E-state index in [0.29, 0.717) is 12.2 Å². The van der Waals surface area contributed by atoms with Gasteiger partial charge in [0.1, 0.15) is 5.82 Å². The molecule has 0 aliphatic carbocycles. The number of rotatable bonds is 2. The number of carboxylic acid groups (broad SMARTS) is 2. The average molecular weight is 384 g/mol. The maximum Gasteiger partial charge on any atom is 0.328 e. The fraction of sp³-hybridized carbons (Fsp3) is 0.350. The largest absolute Gasteiger partial charge is 0.478 e. The molecule has 2 aliphatic rings. The molecule has 2 aromatic heterocycles. The number of nitrogens with zero attached hydrogens (tertiary/aromatic N) is 3. The molecule has 0 unspecified atom stereocenters. The number of carbonyl (C=O) groups is 2. The van der Waals surface area contributed by atoms with E-state index in [1.807, 2.05) is 6.20 Å². The molecule has 1 saturated heterocycles. The maximum atomic E-state index is 9.55. The Balaban J connectivity index is 0.000000242. The molecular weight excluding hydrogens is 360 g/mol. The van der Waals surface area contributed by atoms with Crippen molar-refractivity contribution in [3.63, 3.8) is 0 Å². The molecule has 8 nitrogen and oxygen atoms in total. The van der Waals surface area contributed by atoms with Crippen LogP contribution in [0.2, 0.25) is 0 Å². The fourth-order valence-corrected chi connectivity index (χ4v) is 3.64. The van der Waals surface area contributed by atoms with Gasteiger partial charge in [0.05, 0.1) is 0 Å². The van der Waals surface area contributed by atoms with Crippen molar-refractivity contribution >= 4 is 17.5 Å². The molecule has 2 aromatic rings. The summed E-state index contributed by atoms with van der Waals surface area (Å²) in [5, 5.41) is 19.1. The minimum absolute atomic E-state index is 0.558. The van der Waals surface area contributed by atoms with Crippen molar-refractivity contribution in [1.29, 1.82) is 0 Å². The van der Waals surface area contributed by atoms with Gasteiger partial charge in [-0.05, 0) is 32.0 Å². The topological polar surface area (TPSA) is 109 Å². The highest BCUT2D eigenvalue weighted by Crippen LogP contribution is 2.35. The van der Waals surface area contributed by atoms with E-state index in [9.17, 15) is 9.59 Å². The van der Waals surface area contributed by atoms with E-state index in [1.54, 1.807) is 5.57 Å². The van der Waals surface area contributed by atoms with Crippen LogP contribution in [0.1, 0.15) is 29.9 Å². The Morgan fingerprint density at radius 3 is 2.43 bits per heavy atom. The van der Waals surface area contributed by atoms with Crippen molar-refractivity contribution in [2.45, 2.75) is 25.8 Å². The zero-order valence-corrected chi connectivity index (χ0v) is 15.8. The third-order valence-electron chi connectivity index (χ3n) is 4.93. The monoisotopic (exact) mass is 384 g/mol. The normalized spacial score (nSPS) is 16.0. The Labute approximate surface area is 162 Å². The number of nitrogens with one attached hydrogen (secondary N) is 1. The van der Waals surface area contributed by atoms with Gasteiger partial charge in [0, 0.05) is 67.6 Å². The minimum atomic E-state index is -1.26. The van der Waals surface area contributed by atoms with Crippen LogP contribution in [0.25, 0.3) is 5.57 Å². The number of aliphatic carboxylic acids is 2. The van der Waals surface area contributed by atoms with Gasteiger partial charge >= 0.3 is 11.9 Å². The lowest BCUT2D eigenvalue weighted by atomic mass is 9.93. The first-order valence-corrected chi connectivity index (χ1v) is 9.20. The van der Waals surface area contributed by atoms with Crippen molar-refractivity contribution in [3.8, 4) is 0 Å². The second kappa shape index (κ2) is 8.71. The summed E-state index contributed by atoms with van der Waals surface area (Å²) in [4.78, 5) is 23.8. The van der Waals surface area contributed by atoms with Gasteiger partial charge in [-0.25, -0.2) is 14.6 Å². The van der Waals surface area contributed by atoms with Gasteiger partial charge in [-0.2, -0.15) is 0 Å². The van der Waals surface area contributed by atoms with E-state index in [4.69, 9.17) is 10.2 Å². The van der Waals surface area contributed by atoms with Gasteiger partial charge in [-0.1, -0.05) is 5.57 Å². The van der Waals surface area contributed by atoms with Crippen LogP contribution in [0.3, 0.4) is 0 Å². The molecule has 2 aliphatic heterocycles. The highest BCUT2D eigenvalue weighted by atomic mass is 16.4. The first kappa shape index (κ1) is 19.6. The predicted molar refractivity (Wildman–Crippen MR) is 104 cm³/mol. The van der Waals surface area contributed by atoms with Gasteiger partial charge in [-0.3, -0.25) is 0 Å². The first-order chi connectivity index (χ1) is 13.5. The SMILES string of the molecule is Cn1ccc2c1CCn1ccnc1C2=C1CCNCC1.O=C(O)/C=C/C(=O)O. The van der Waals surface area contributed by atoms with Gasteiger partial charge in [0.15, 0.2) is 0 Å². The lowest BCUT2D eigenvalue weighted by Crippen LogP contribution is -2.24. The molecule has 0 saturated carbocycles. The number of hydrogen-bond donors (Lipinski definition) is 3. The summed E-state index contributed by atoms with van der Waals surface area (Å²) in [5.41, 5.74) is 5.79. The van der Waals surface area contributed by atoms with Gasteiger partial charge in [0.2, 0.25) is 0 Å². The minimum Gasteiger partial charge on any atom is -0.478 e. The summed E-state index contributed by atoms with van der Waals surface area (Å²) in [7, 11) is 2.15. The zero-order chi connectivity index (χ0) is 20.1. The van der Waals surface area contributed by atoms with E-state index in [1.165, 1.54) is 16.8 Å². The quantitative estimate of drug-likeness (QED) is 0.680. The maximum absolute atomic E-state index is 9.55. The second-order valence-electron chi connectivity index (χ2n) is 6.72. The molecule has 3 N–H and O–H groups in total. The Morgan fingerprint density at radius 1 is 1.11 bits per heavy atom. The van der Waals surface area contributed by atoms with Crippen molar-refractivity contribution in [2.24, 2.45) is 7.05 Å². The summed E-state index contributed by atoms with van der Waals surface area (Å²) in [6.07, 6.45) is 10.7. The molecule has 0 bridgehead atoms. The number of fused-ring (bicyclic) bond motifs is 2. The summed E-state index contributed by atoms with van der Waals surface area (Å²) in [6.45, 7) is 3.19. The molecule has 4 rings (SSSR count). The molecule has 0 amide bonds. The van der Waals surface area contributed by atoms with Crippen LogP contribution in [0.5, 0.6) is 0 Å². The summed E-state index contributed by atoms with van der Waals surface area (Å²) < 4.78 is 4.58. The Hall–Kier alpha value is -3.13. The van der Waals surface area contributed by atoms with E-state index < -0.39 is 11.9 Å². The van der Waals surface area contributed by atoms with Gasteiger partial charge in [0.25, 0.3) is 0 Å². The molecule has 8 heteroatoms. The second-order valence-corrected chi connectivity index (χ2v) is 6.72. The zero-order valence-electron chi connectivity index (χ0n) is 15.8. The van der Waals surface area contributed by atoms with Gasteiger partial charge in [-0.15, -0.1) is 0 Å². The molecule has 0 radical (unpaired) electrons. The Bertz CT molecular complexity index is 912. The van der Waals surface area contributed by atoms with Crippen LogP contribution < -0.4 is 5.32 Å². The Morgan fingerprint density at radius 2 is 1.79 bits per heavy atom. The van der Waals surface area contributed by atoms with Crippen molar-refractivity contribution in [3.05, 3.63) is 59.5 Å². The van der Waals surface area contributed by atoms with Crippen molar-refractivity contribution in [2.75, 3.05) is 13.1 Å². The fourth-order valence-electron chi connectivity index (χ4n) is 3.64. The number of imidazole rings is 1. The number of aryl methyl sites for hydroxylation is 2. The van der Waals surface area contributed by atoms with E-state index >= 15 is 0 Å². The molecule has 4 heterocycles. The summed E-state index contributed by atoms with van der Waals surface area (Å²) in [6, 6.07) is 2.27. The van der Waals surface area contributed by atoms with Crippen LogP contribution in [-0.2, 0) is 29.6 Å². The molecule has 1 fully saturated rings. The highest BCUT2D eigenvalue weighted by Gasteiger charge is 2.24. The number of carboxylic acids is 2. The van der Waals surface area contributed by atoms with Crippen molar-refractivity contribution < 1.29 is 19.8 Å². The standard InChI is InChI=1S/C16H20N4.C4H4O4/c1-19-9-4-13-14(19)5-10-20-11-8-18-16(20)15(13)12-2-6-17-7-3-12;5-3(6)1-2-4(7)8/h4,8-9,11,17H,2-3,5-7,10H2,1H3;1-2H,(H,5,6)(H,7,8)/b;2-1+. The third kappa shape index (κ3) is 4.40. The first-order valence-electron chi connectivity index (χ1n) is 9.20. The summed E-state index contributed by atoms with van der Waals surface area (Å²) in [5.74, 6) is -1.35. The van der Waals surface area contributed by atoms with Crippen LogP contribution >= 0.6 is 0 Å². The number of aromatic nitrogens is 3. The molecule has 0 atom stereocenters. The molecule has 0 spiro atoms. The van der Waals surface area contributed by atoms with Crippen LogP contribution in [0.4, 0.5) is 0 Å².